The Bertz CT molecular complexity index is 436. The summed E-state index contributed by atoms with van der Waals surface area (Å²) in [7, 11) is 1.58. The minimum Gasteiger partial charge on any atom is -0.481 e. The number of aliphatic carboxylic acids is 1. The summed E-state index contributed by atoms with van der Waals surface area (Å²) in [6.07, 6.45) is 0. The van der Waals surface area contributed by atoms with Gasteiger partial charge in [-0.3, -0.25) is 4.79 Å². The number of carbonyl (C=O) groups is 2. The molecule has 2 N–H and O–H groups in total. The van der Waals surface area contributed by atoms with Crippen molar-refractivity contribution in [2.24, 2.45) is 5.92 Å². The van der Waals surface area contributed by atoms with E-state index >= 15 is 0 Å². The molecule has 0 fully saturated rings. The molecule has 0 aliphatic carbocycles. The first kappa shape index (κ1) is 15.0. The number of hydrogen-bond acceptors (Lipinski definition) is 3. The zero-order valence-corrected chi connectivity index (χ0v) is 12.5. The van der Waals surface area contributed by atoms with Gasteiger partial charge in [-0.15, -0.1) is 11.3 Å². The number of thiophene rings is 1. The number of halogens is 1. The number of carbonyl (C=O) groups excluding carboxylic acids is 1. The van der Waals surface area contributed by atoms with Gasteiger partial charge in [0.2, 0.25) is 0 Å². The van der Waals surface area contributed by atoms with Gasteiger partial charge >= 0.3 is 12.0 Å². The third-order valence-corrected chi connectivity index (χ3v) is 4.33. The van der Waals surface area contributed by atoms with Gasteiger partial charge in [0.1, 0.15) is 0 Å². The third-order valence-electron chi connectivity index (χ3n) is 2.41. The van der Waals surface area contributed by atoms with Gasteiger partial charge in [0, 0.05) is 22.9 Å². The molecule has 0 aliphatic heterocycles. The Hall–Kier alpha value is -1.08. The van der Waals surface area contributed by atoms with Gasteiger partial charge in [-0.25, -0.2) is 4.79 Å². The van der Waals surface area contributed by atoms with Crippen LogP contribution in [0, 0.1) is 5.92 Å². The first-order valence-electron chi connectivity index (χ1n) is 5.35. The molecule has 18 heavy (non-hydrogen) atoms. The molecule has 1 aromatic rings. The molecule has 1 rings (SSSR count). The largest absolute Gasteiger partial charge is 0.481 e. The van der Waals surface area contributed by atoms with Gasteiger partial charge in [-0.05, 0) is 27.4 Å². The van der Waals surface area contributed by atoms with Crippen molar-refractivity contribution in [1.29, 1.82) is 0 Å². The molecule has 100 valence electrons. The molecule has 7 heteroatoms. The minimum atomic E-state index is -0.907. The highest BCUT2D eigenvalue weighted by Crippen LogP contribution is 2.22. The number of hydrogen-bond donors (Lipinski definition) is 2. The second-order valence-corrected chi connectivity index (χ2v) is 5.83. The van der Waals surface area contributed by atoms with E-state index < -0.39 is 11.9 Å². The predicted octanol–water partition coefficient (Wildman–Crippen LogP) is 2.37. The Morgan fingerprint density at radius 3 is 2.78 bits per heavy atom. The first-order valence-corrected chi connectivity index (χ1v) is 7.02. The number of urea groups is 1. The van der Waals surface area contributed by atoms with Crippen LogP contribution in [-0.2, 0) is 11.3 Å². The quantitative estimate of drug-likeness (QED) is 0.868. The maximum Gasteiger partial charge on any atom is 0.317 e. The molecule has 1 heterocycles. The van der Waals surface area contributed by atoms with E-state index in [0.29, 0.717) is 6.54 Å². The molecular formula is C11H15BrN2O3S. The Balaban J connectivity index is 2.41. The Morgan fingerprint density at radius 2 is 2.28 bits per heavy atom. The summed E-state index contributed by atoms with van der Waals surface area (Å²) >= 11 is 4.93. The highest BCUT2D eigenvalue weighted by atomic mass is 79.9. The minimum absolute atomic E-state index is 0.187. The maximum atomic E-state index is 11.7. The molecule has 2 amide bonds. The molecular weight excluding hydrogens is 320 g/mol. The highest BCUT2D eigenvalue weighted by molar-refractivity contribution is 9.10. The van der Waals surface area contributed by atoms with Crippen molar-refractivity contribution in [1.82, 2.24) is 10.2 Å². The number of nitrogens with one attached hydrogen (secondary N) is 1. The van der Waals surface area contributed by atoms with E-state index in [0.717, 1.165) is 9.35 Å². The van der Waals surface area contributed by atoms with Crippen molar-refractivity contribution < 1.29 is 14.7 Å². The van der Waals surface area contributed by atoms with Crippen LogP contribution in [0.1, 0.15) is 11.8 Å². The Morgan fingerprint density at radius 1 is 1.61 bits per heavy atom. The van der Waals surface area contributed by atoms with Crippen molar-refractivity contribution >= 4 is 39.3 Å². The summed E-state index contributed by atoms with van der Waals surface area (Å²) in [5.74, 6) is -1.48. The lowest BCUT2D eigenvalue weighted by atomic mass is 10.2. The lowest BCUT2D eigenvalue weighted by Gasteiger charge is -2.19. The zero-order valence-electron chi connectivity index (χ0n) is 10.1. The third kappa shape index (κ3) is 4.30. The van der Waals surface area contributed by atoms with Crippen molar-refractivity contribution in [2.75, 3.05) is 13.6 Å². The van der Waals surface area contributed by atoms with Crippen LogP contribution in [0.15, 0.2) is 15.9 Å². The second-order valence-electron chi connectivity index (χ2n) is 3.97. The van der Waals surface area contributed by atoms with Crippen LogP contribution in [-0.4, -0.2) is 35.6 Å². The van der Waals surface area contributed by atoms with E-state index in [-0.39, 0.29) is 12.6 Å². The Labute approximate surface area is 118 Å². The summed E-state index contributed by atoms with van der Waals surface area (Å²) < 4.78 is 0.967. The molecule has 0 saturated heterocycles. The first-order chi connectivity index (χ1) is 8.41. The van der Waals surface area contributed by atoms with Gasteiger partial charge in [0.25, 0.3) is 0 Å². The van der Waals surface area contributed by atoms with Gasteiger partial charge in [-0.1, -0.05) is 6.92 Å². The lowest BCUT2D eigenvalue weighted by Crippen LogP contribution is -2.40. The van der Waals surface area contributed by atoms with Gasteiger partial charge in [0.05, 0.1) is 12.5 Å². The van der Waals surface area contributed by atoms with Crippen molar-refractivity contribution in [2.45, 2.75) is 13.5 Å². The fourth-order valence-corrected chi connectivity index (χ4v) is 2.75. The van der Waals surface area contributed by atoms with Crippen LogP contribution in [0.4, 0.5) is 4.79 Å². The van der Waals surface area contributed by atoms with E-state index in [1.165, 1.54) is 4.90 Å². The average Bonchev–Trinajstić information content (AvgIpc) is 2.71. The van der Waals surface area contributed by atoms with Crippen LogP contribution >= 0.6 is 27.3 Å². The topological polar surface area (TPSA) is 69.6 Å². The summed E-state index contributed by atoms with van der Waals surface area (Å²) in [4.78, 5) is 24.8. The summed E-state index contributed by atoms with van der Waals surface area (Å²) in [5.41, 5.74) is 0. The highest BCUT2D eigenvalue weighted by Gasteiger charge is 2.17. The molecule has 0 radical (unpaired) electrons. The summed E-state index contributed by atoms with van der Waals surface area (Å²) in [6.45, 7) is 2.19. The fraction of sp³-hybridized carbons (Fsp3) is 0.455. The molecule has 1 atom stereocenters. The molecule has 1 unspecified atom stereocenters. The molecule has 0 spiro atoms. The van der Waals surface area contributed by atoms with E-state index in [9.17, 15) is 9.59 Å². The van der Waals surface area contributed by atoms with Crippen LogP contribution in [0.2, 0.25) is 0 Å². The van der Waals surface area contributed by atoms with Crippen LogP contribution in [0.3, 0.4) is 0 Å². The molecule has 1 aromatic heterocycles. The SMILES string of the molecule is CC(CN(C)C(=O)NCc1sccc1Br)C(=O)O. The molecule has 0 bridgehead atoms. The summed E-state index contributed by atoms with van der Waals surface area (Å²) in [6, 6.07) is 1.64. The van der Waals surface area contributed by atoms with Crippen LogP contribution in [0.5, 0.6) is 0 Å². The molecule has 0 saturated carbocycles. The average molecular weight is 335 g/mol. The lowest BCUT2D eigenvalue weighted by molar-refractivity contribution is -0.141. The van der Waals surface area contributed by atoms with Crippen LogP contribution < -0.4 is 5.32 Å². The van der Waals surface area contributed by atoms with E-state index in [2.05, 4.69) is 21.2 Å². The Kier molecular flexibility index (Phi) is 5.61. The van der Waals surface area contributed by atoms with Gasteiger partial charge in [0.15, 0.2) is 0 Å². The van der Waals surface area contributed by atoms with Gasteiger partial charge < -0.3 is 15.3 Å². The monoisotopic (exact) mass is 334 g/mol. The van der Waals surface area contributed by atoms with Gasteiger partial charge in [-0.2, -0.15) is 0 Å². The molecule has 0 aromatic carbocycles. The van der Waals surface area contributed by atoms with E-state index in [1.54, 1.807) is 25.3 Å². The molecule has 5 nitrogen and oxygen atoms in total. The smallest absolute Gasteiger partial charge is 0.317 e. The standard InChI is InChI=1S/C11H15BrN2O3S/c1-7(10(15)16)6-14(2)11(17)13-5-9-8(12)3-4-18-9/h3-4,7H,5-6H2,1-2H3,(H,13,17)(H,15,16). The van der Waals surface area contributed by atoms with Crippen molar-refractivity contribution in [3.8, 4) is 0 Å². The van der Waals surface area contributed by atoms with Crippen LogP contribution in [0.25, 0.3) is 0 Å². The maximum absolute atomic E-state index is 11.7. The van der Waals surface area contributed by atoms with E-state index in [4.69, 9.17) is 5.11 Å². The number of carboxylic acid groups (broad SMARTS) is 1. The number of rotatable bonds is 5. The number of nitrogens with zero attached hydrogens (tertiary/aromatic N) is 1. The van der Waals surface area contributed by atoms with Crippen molar-refractivity contribution in [3.05, 3.63) is 20.8 Å². The predicted molar refractivity (Wildman–Crippen MR) is 73.7 cm³/mol. The number of carboxylic acids is 1. The molecule has 0 aliphatic rings. The normalized spacial score (nSPS) is 11.9. The van der Waals surface area contributed by atoms with E-state index in [1.807, 2.05) is 11.4 Å². The zero-order chi connectivity index (χ0) is 13.7. The second kappa shape index (κ2) is 6.75. The van der Waals surface area contributed by atoms with Crippen molar-refractivity contribution in [3.63, 3.8) is 0 Å². The number of amides is 2. The summed E-state index contributed by atoms with van der Waals surface area (Å²) in [5, 5.41) is 13.4. The fourth-order valence-electron chi connectivity index (χ4n) is 1.31.